The number of fused-ring (bicyclic) bond motifs is 1. The first kappa shape index (κ1) is 18.6. The molecule has 1 amide bonds. The summed E-state index contributed by atoms with van der Waals surface area (Å²) in [6.07, 6.45) is -0.721. The summed E-state index contributed by atoms with van der Waals surface area (Å²) in [4.78, 5) is 35.0. The molecule has 0 atom stereocenters. The summed E-state index contributed by atoms with van der Waals surface area (Å²) in [5.41, 5.74) is 0.622. The average Bonchev–Trinajstić information content (AvgIpc) is 2.98. The number of carbonyl (C=O) groups excluding carboxylic acids is 2. The van der Waals surface area contributed by atoms with Crippen LogP contribution < -0.4 is 5.32 Å². The molecule has 0 aliphatic heterocycles. The maximum atomic E-state index is 12.9. The molecule has 0 spiro atoms. The molecule has 0 saturated carbocycles. The number of amides is 1. The summed E-state index contributed by atoms with van der Waals surface area (Å²) in [6, 6.07) is 10.2. The number of anilines is 1. The topological polar surface area (TPSA) is 112 Å². The predicted molar refractivity (Wildman–Crippen MR) is 101 cm³/mol. The van der Waals surface area contributed by atoms with Gasteiger partial charge in [0.1, 0.15) is 11.3 Å². The van der Waals surface area contributed by atoms with Crippen molar-refractivity contribution in [2.75, 3.05) is 11.9 Å². The molecule has 8 nitrogen and oxygen atoms in total. The molecule has 0 fully saturated rings. The number of nitro benzene ring substituents is 1. The molecule has 0 radical (unpaired) electrons. The lowest BCUT2D eigenvalue weighted by molar-refractivity contribution is -0.384. The number of rotatable bonds is 5. The Kier molecular flexibility index (Phi) is 5.22. The number of halogens is 1. The van der Waals surface area contributed by atoms with E-state index in [1.54, 1.807) is 25.1 Å². The summed E-state index contributed by atoms with van der Waals surface area (Å²) in [5.74, 6) is -0.617. The van der Waals surface area contributed by atoms with Gasteiger partial charge in [0.2, 0.25) is 5.78 Å². The van der Waals surface area contributed by atoms with Crippen LogP contribution in [0.5, 0.6) is 0 Å². The molecule has 3 rings (SSSR count). The van der Waals surface area contributed by atoms with Crippen LogP contribution in [0.15, 0.2) is 51.4 Å². The monoisotopic (exact) mass is 432 g/mol. The molecule has 138 valence electrons. The van der Waals surface area contributed by atoms with Gasteiger partial charge < -0.3 is 9.15 Å². The van der Waals surface area contributed by atoms with Crippen LogP contribution in [0.2, 0.25) is 0 Å². The quantitative estimate of drug-likeness (QED) is 0.348. The van der Waals surface area contributed by atoms with Gasteiger partial charge in [0.05, 0.1) is 11.5 Å². The number of benzene rings is 2. The number of carbonyl (C=O) groups is 2. The Morgan fingerprint density at radius 2 is 1.93 bits per heavy atom. The first-order valence-corrected chi connectivity index (χ1v) is 8.65. The summed E-state index contributed by atoms with van der Waals surface area (Å²) in [6.45, 7) is 1.83. The van der Waals surface area contributed by atoms with E-state index >= 15 is 0 Å². The number of nitrogens with zero attached hydrogens (tertiary/aromatic N) is 1. The molecule has 9 heteroatoms. The van der Waals surface area contributed by atoms with Crippen LogP contribution >= 0.6 is 15.9 Å². The van der Waals surface area contributed by atoms with Crippen molar-refractivity contribution in [2.45, 2.75) is 6.92 Å². The molecule has 0 bridgehead atoms. The van der Waals surface area contributed by atoms with Crippen molar-refractivity contribution in [2.24, 2.45) is 0 Å². The second-order valence-corrected chi connectivity index (χ2v) is 6.34. The molecule has 0 unspecified atom stereocenters. The van der Waals surface area contributed by atoms with E-state index < -0.39 is 16.8 Å². The third kappa shape index (κ3) is 3.82. The molecular formula is C18H13BrN2O6. The predicted octanol–water partition coefficient (Wildman–Crippen LogP) is 4.90. The third-order valence-corrected chi connectivity index (χ3v) is 4.19. The highest BCUT2D eigenvalue weighted by molar-refractivity contribution is 9.10. The van der Waals surface area contributed by atoms with Crippen molar-refractivity contribution in [1.82, 2.24) is 0 Å². The van der Waals surface area contributed by atoms with Crippen LogP contribution in [-0.4, -0.2) is 23.4 Å². The van der Waals surface area contributed by atoms with E-state index in [1.165, 1.54) is 24.3 Å². The Morgan fingerprint density at radius 1 is 1.22 bits per heavy atom. The number of nitro groups is 1. The first-order chi connectivity index (χ1) is 12.9. The largest absolute Gasteiger partial charge is 0.450 e. The van der Waals surface area contributed by atoms with Crippen LogP contribution in [0, 0.1) is 10.1 Å². The molecule has 0 aliphatic carbocycles. The van der Waals surface area contributed by atoms with Gasteiger partial charge >= 0.3 is 6.09 Å². The van der Waals surface area contributed by atoms with Crippen LogP contribution in [0.1, 0.15) is 23.0 Å². The number of ether oxygens (including phenoxy) is 1. The van der Waals surface area contributed by atoms with Gasteiger partial charge in [-0.2, -0.15) is 0 Å². The summed E-state index contributed by atoms with van der Waals surface area (Å²) in [7, 11) is 0. The van der Waals surface area contributed by atoms with Gasteiger partial charge in [0, 0.05) is 27.6 Å². The minimum absolute atomic E-state index is 0.0926. The van der Waals surface area contributed by atoms with Crippen LogP contribution in [0.4, 0.5) is 16.2 Å². The molecule has 1 N–H and O–H groups in total. The summed E-state index contributed by atoms with van der Waals surface area (Å²) in [5, 5.41) is 13.8. The SMILES string of the molecule is CCOC(=O)Nc1c(C(=O)c2ccc([N+](=O)[O-])cc2)oc2cc(Br)ccc12. The molecule has 27 heavy (non-hydrogen) atoms. The van der Waals surface area contributed by atoms with Crippen molar-refractivity contribution in [1.29, 1.82) is 0 Å². The molecule has 0 saturated heterocycles. The molecule has 1 aromatic heterocycles. The van der Waals surface area contributed by atoms with Crippen LogP contribution in [0.3, 0.4) is 0 Å². The standard InChI is InChI=1S/C18H13BrN2O6/c1-2-26-18(23)20-15-13-8-5-11(19)9-14(13)27-17(15)16(22)10-3-6-12(7-4-10)21(24)25/h3-9H,2H2,1H3,(H,20,23). The zero-order valence-electron chi connectivity index (χ0n) is 14.0. The van der Waals surface area contributed by atoms with E-state index in [1.807, 2.05) is 0 Å². The Balaban J connectivity index is 2.07. The number of furan rings is 1. The Hall–Kier alpha value is -3.20. The fourth-order valence-electron chi connectivity index (χ4n) is 2.49. The van der Waals surface area contributed by atoms with E-state index in [9.17, 15) is 19.7 Å². The number of ketones is 1. The van der Waals surface area contributed by atoms with E-state index in [0.29, 0.717) is 11.0 Å². The lowest BCUT2D eigenvalue weighted by Gasteiger charge is -2.06. The van der Waals surface area contributed by atoms with Gasteiger partial charge in [-0.3, -0.25) is 20.2 Å². The lowest BCUT2D eigenvalue weighted by atomic mass is 10.1. The minimum atomic E-state index is -0.721. The smallest absolute Gasteiger partial charge is 0.411 e. The highest BCUT2D eigenvalue weighted by Gasteiger charge is 2.24. The Labute approximate surface area is 161 Å². The van der Waals surface area contributed by atoms with Gasteiger partial charge in [-0.15, -0.1) is 0 Å². The highest BCUT2D eigenvalue weighted by Crippen LogP contribution is 2.34. The van der Waals surface area contributed by atoms with Gasteiger partial charge in [-0.1, -0.05) is 15.9 Å². The fourth-order valence-corrected chi connectivity index (χ4v) is 2.83. The Bertz CT molecular complexity index is 1040. The number of hydrogen-bond donors (Lipinski definition) is 1. The van der Waals surface area contributed by atoms with Gasteiger partial charge in [0.25, 0.3) is 5.69 Å². The van der Waals surface area contributed by atoms with Gasteiger partial charge in [0.15, 0.2) is 5.76 Å². The minimum Gasteiger partial charge on any atom is -0.450 e. The number of non-ortho nitro benzene ring substituents is 1. The molecule has 0 aliphatic rings. The van der Waals surface area contributed by atoms with Crippen LogP contribution in [0.25, 0.3) is 11.0 Å². The maximum absolute atomic E-state index is 12.9. The summed E-state index contributed by atoms with van der Waals surface area (Å²) >= 11 is 3.32. The van der Waals surface area contributed by atoms with Crippen LogP contribution in [-0.2, 0) is 4.74 Å². The zero-order valence-corrected chi connectivity index (χ0v) is 15.6. The van der Waals surface area contributed by atoms with E-state index in [0.717, 1.165) is 4.47 Å². The molecule has 2 aromatic carbocycles. The fraction of sp³-hybridized carbons (Fsp3) is 0.111. The van der Waals surface area contributed by atoms with E-state index in [2.05, 4.69) is 21.2 Å². The zero-order chi connectivity index (χ0) is 19.6. The number of nitrogens with one attached hydrogen (secondary N) is 1. The average molecular weight is 433 g/mol. The lowest BCUT2D eigenvalue weighted by Crippen LogP contribution is -2.15. The first-order valence-electron chi connectivity index (χ1n) is 7.85. The Morgan fingerprint density at radius 3 is 2.56 bits per heavy atom. The second-order valence-electron chi connectivity index (χ2n) is 5.43. The second kappa shape index (κ2) is 7.58. The molecule has 3 aromatic rings. The van der Waals surface area contributed by atoms with Crippen molar-refractivity contribution >= 4 is 50.2 Å². The van der Waals surface area contributed by atoms with E-state index in [-0.39, 0.29) is 29.3 Å². The van der Waals surface area contributed by atoms with E-state index in [4.69, 9.17) is 9.15 Å². The maximum Gasteiger partial charge on any atom is 0.411 e. The molecular weight excluding hydrogens is 420 g/mol. The van der Waals surface area contributed by atoms with Crippen molar-refractivity contribution in [3.8, 4) is 0 Å². The van der Waals surface area contributed by atoms with Crippen molar-refractivity contribution in [3.05, 3.63) is 68.4 Å². The van der Waals surface area contributed by atoms with Gasteiger partial charge in [-0.05, 0) is 37.3 Å². The number of hydrogen-bond acceptors (Lipinski definition) is 6. The highest BCUT2D eigenvalue weighted by atomic mass is 79.9. The van der Waals surface area contributed by atoms with Crippen molar-refractivity contribution in [3.63, 3.8) is 0 Å². The molecule has 1 heterocycles. The normalized spacial score (nSPS) is 10.6. The van der Waals surface area contributed by atoms with Gasteiger partial charge in [-0.25, -0.2) is 4.79 Å². The third-order valence-electron chi connectivity index (χ3n) is 3.70. The summed E-state index contributed by atoms with van der Waals surface area (Å²) < 4.78 is 11.3. The van der Waals surface area contributed by atoms with Crippen molar-refractivity contribution < 1.29 is 23.7 Å².